The summed E-state index contributed by atoms with van der Waals surface area (Å²) in [5.41, 5.74) is 2.77. The van der Waals surface area contributed by atoms with E-state index in [-0.39, 0.29) is 18.4 Å². The second-order valence-electron chi connectivity index (χ2n) is 6.10. The van der Waals surface area contributed by atoms with Crippen LogP contribution in [0.4, 0.5) is 5.69 Å². The summed E-state index contributed by atoms with van der Waals surface area (Å²) >= 11 is 0. The molecule has 0 spiro atoms. The van der Waals surface area contributed by atoms with Gasteiger partial charge in [-0.1, -0.05) is 17.7 Å². The van der Waals surface area contributed by atoms with Gasteiger partial charge in [-0.25, -0.2) is 0 Å². The summed E-state index contributed by atoms with van der Waals surface area (Å²) in [6.45, 7) is 5.14. The first kappa shape index (κ1) is 17.4. The monoisotopic (exact) mass is 320 g/mol. The molecule has 1 aromatic rings. The molecule has 0 radical (unpaired) electrons. The molecule has 0 aromatic heterocycles. The van der Waals surface area contributed by atoms with E-state index in [0.717, 1.165) is 30.6 Å². The molecule has 1 fully saturated rings. The summed E-state index contributed by atoms with van der Waals surface area (Å²) in [7, 11) is 0. The average molecular weight is 320 g/mol. The van der Waals surface area contributed by atoms with Gasteiger partial charge in [-0.15, -0.1) is 0 Å². The van der Waals surface area contributed by atoms with Gasteiger partial charge in [0.1, 0.15) is 18.7 Å². The van der Waals surface area contributed by atoms with Crippen LogP contribution < -0.4 is 15.7 Å². The Hall–Kier alpha value is -1.92. The van der Waals surface area contributed by atoms with Crippen LogP contribution in [0.1, 0.15) is 30.4 Å². The highest BCUT2D eigenvalue weighted by molar-refractivity contribution is 5.94. The fourth-order valence-corrected chi connectivity index (χ4v) is 2.76. The van der Waals surface area contributed by atoms with E-state index >= 15 is 0 Å². The fourth-order valence-electron chi connectivity index (χ4n) is 2.76. The summed E-state index contributed by atoms with van der Waals surface area (Å²) in [5.74, 6) is -1.55. The minimum atomic E-state index is -1.22. The number of carbonyl (C=O) groups is 2. The molecular formula is C17H24N2O4. The van der Waals surface area contributed by atoms with E-state index in [4.69, 9.17) is 4.74 Å². The third-order valence-corrected chi connectivity index (χ3v) is 4.07. The SMILES string of the molecule is Cc1ccc(NC(=O)C[C@H]([NH2+]C[C@H]2CCCO2)C(=O)[O-])c(C)c1. The van der Waals surface area contributed by atoms with Gasteiger partial charge in [0.2, 0.25) is 5.91 Å². The molecule has 0 aliphatic carbocycles. The van der Waals surface area contributed by atoms with Crippen molar-refractivity contribution in [3.8, 4) is 0 Å². The molecule has 1 saturated heterocycles. The largest absolute Gasteiger partial charge is 0.544 e. The molecule has 126 valence electrons. The van der Waals surface area contributed by atoms with Gasteiger partial charge in [-0.05, 0) is 38.3 Å². The number of nitrogens with two attached hydrogens (primary N) is 1. The Morgan fingerprint density at radius 1 is 1.43 bits per heavy atom. The van der Waals surface area contributed by atoms with Crippen LogP contribution in [0.5, 0.6) is 0 Å². The maximum Gasteiger partial charge on any atom is 0.230 e. The number of aliphatic carboxylic acids is 1. The highest BCUT2D eigenvalue weighted by atomic mass is 16.5. The van der Waals surface area contributed by atoms with Gasteiger partial charge in [0.05, 0.1) is 12.4 Å². The number of amides is 1. The van der Waals surface area contributed by atoms with Crippen LogP contribution in [0.2, 0.25) is 0 Å². The highest BCUT2D eigenvalue weighted by Gasteiger charge is 2.23. The number of benzene rings is 1. The molecule has 6 heteroatoms. The van der Waals surface area contributed by atoms with Crippen molar-refractivity contribution in [2.75, 3.05) is 18.5 Å². The fraction of sp³-hybridized carbons (Fsp3) is 0.529. The number of aryl methyl sites for hydroxylation is 2. The smallest absolute Gasteiger partial charge is 0.230 e. The lowest BCUT2D eigenvalue weighted by Gasteiger charge is -2.18. The Morgan fingerprint density at radius 3 is 2.83 bits per heavy atom. The minimum absolute atomic E-state index is 0.0688. The first-order valence-electron chi connectivity index (χ1n) is 7.98. The zero-order valence-electron chi connectivity index (χ0n) is 13.6. The average Bonchev–Trinajstić information content (AvgIpc) is 2.99. The molecule has 1 aliphatic heterocycles. The van der Waals surface area contributed by atoms with Gasteiger partial charge in [0, 0.05) is 12.3 Å². The maximum atomic E-state index is 12.1. The van der Waals surface area contributed by atoms with E-state index in [1.165, 1.54) is 0 Å². The maximum absolute atomic E-state index is 12.1. The number of rotatable bonds is 7. The zero-order chi connectivity index (χ0) is 16.8. The van der Waals surface area contributed by atoms with Crippen molar-refractivity contribution < 1.29 is 24.7 Å². The predicted octanol–water partition coefficient (Wildman–Crippen LogP) is -0.507. The van der Waals surface area contributed by atoms with Crippen LogP contribution >= 0.6 is 0 Å². The number of hydrogen-bond donors (Lipinski definition) is 2. The highest BCUT2D eigenvalue weighted by Crippen LogP contribution is 2.16. The number of carboxylic acid groups (broad SMARTS) is 1. The minimum Gasteiger partial charge on any atom is -0.544 e. The number of hydrogen-bond acceptors (Lipinski definition) is 4. The van der Waals surface area contributed by atoms with Gasteiger partial charge < -0.3 is 25.3 Å². The number of anilines is 1. The lowest BCUT2D eigenvalue weighted by molar-refractivity contribution is -0.687. The van der Waals surface area contributed by atoms with Crippen LogP contribution in [0.15, 0.2) is 18.2 Å². The van der Waals surface area contributed by atoms with Crippen LogP contribution in [-0.2, 0) is 14.3 Å². The topological polar surface area (TPSA) is 95.1 Å². The van der Waals surface area contributed by atoms with Crippen LogP contribution in [0.25, 0.3) is 0 Å². The van der Waals surface area contributed by atoms with Crippen molar-refractivity contribution in [2.45, 2.75) is 45.3 Å². The van der Waals surface area contributed by atoms with Crippen molar-refractivity contribution in [2.24, 2.45) is 0 Å². The number of carboxylic acids is 1. The lowest BCUT2D eigenvalue weighted by Crippen LogP contribution is -2.94. The number of nitrogens with one attached hydrogen (secondary N) is 1. The molecular weight excluding hydrogens is 296 g/mol. The van der Waals surface area contributed by atoms with Crippen molar-refractivity contribution in [1.82, 2.24) is 0 Å². The Labute approximate surface area is 136 Å². The van der Waals surface area contributed by atoms with Crippen LogP contribution in [0, 0.1) is 13.8 Å². The van der Waals surface area contributed by atoms with E-state index in [9.17, 15) is 14.7 Å². The third kappa shape index (κ3) is 5.33. The van der Waals surface area contributed by atoms with Gasteiger partial charge >= 0.3 is 0 Å². The van der Waals surface area contributed by atoms with E-state index in [2.05, 4.69) is 5.32 Å². The summed E-state index contributed by atoms with van der Waals surface area (Å²) in [6, 6.07) is 4.80. The molecule has 23 heavy (non-hydrogen) atoms. The zero-order valence-corrected chi connectivity index (χ0v) is 13.6. The van der Waals surface area contributed by atoms with Crippen LogP contribution in [0.3, 0.4) is 0 Å². The van der Waals surface area contributed by atoms with E-state index in [0.29, 0.717) is 12.2 Å². The molecule has 1 amide bonds. The molecule has 0 bridgehead atoms. The first-order valence-corrected chi connectivity index (χ1v) is 7.98. The molecule has 2 rings (SSSR count). The Kier molecular flexibility index (Phi) is 6.12. The van der Waals surface area contributed by atoms with E-state index in [1.54, 1.807) is 5.32 Å². The standard InChI is InChI=1S/C17H24N2O4/c1-11-5-6-14(12(2)8-11)19-16(20)9-15(17(21)22)18-10-13-4-3-7-23-13/h5-6,8,13,15,18H,3-4,7,9-10H2,1-2H3,(H,19,20)(H,21,22)/t13-,15+/m1/s1. The summed E-state index contributed by atoms with van der Waals surface area (Å²) in [4.78, 5) is 23.3. The molecule has 2 atom stereocenters. The number of ether oxygens (including phenoxy) is 1. The normalized spacial score (nSPS) is 18.6. The van der Waals surface area contributed by atoms with E-state index < -0.39 is 12.0 Å². The van der Waals surface area contributed by atoms with Gasteiger partial charge in [0.25, 0.3) is 0 Å². The number of quaternary nitrogens is 1. The van der Waals surface area contributed by atoms with E-state index in [1.807, 2.05) is 32.0 Å². The first-order chi connectivity index (χ1) is 11.0. The predicted molar refractivity (Wildman–Crippen MR) is 83.7 cm³/mol. The van der Waals surface area contributed by atoms with Crippen molar-refractivity contribution >= 4 is 17.6 Å². The van der Waals surface area contributed by atoms with Gasteiger partial charge in [-0.2, -0.15) is 0 Å². The lowest BCUT2D eigenvalue weighted by atomic mass is 10.1. The van der Waals surface area contributed by atoms with Gasteiger partial charge in [-0.3, -0.25) is 4.79 Å². The Bertz CT molecular complexity index is 568. The molecule has 0 unspecified atom stereocenters. The Balaban J connectivity index is 1.88. The molecule has 1 heterocycles. The molecule has 1 aromatic carbocycles. The summed E-state index contributed by atoms with van der Waals surface area (Å²) in [6.07, 6.45) is 1.88. The third-order valence-electron chi connectivity index (χ3n) is 4.07. The molecule has 1 aliphatic rings. The molecule has 3 N–H and O–H groups in total. The van der Waals surface area contributed by atoms with Crippen molar-refractivity contribution in [3.05, 3.63) is 29.3 Å². The Morgan fingerprint density at radius 2 is 2.22 bits per heavy atom. The summed E-state index contributed by atoms with van der Waals surface area (Å²) in [5, 5.41) is 15.6. The number of carbonyl (C=O) groups excluding carboxylic acids is 2. The van der Waals surface area contributed by atoms with Gasteiger partial charge in [0.15, 0.2) is 0 Å². The van der Waals surface area contributed by atoms with Crippen molar-refractivity contribution in [1.29, 1.82) is 0 Å². The molecule has 6 nitrogen and oxygen atoms in total. The molecule has 0 saturated carbocycles. The van der Waals surface area contributed by atoms with Crippen LogP contribution in [-0.4, -0.2) is 37.2 Å². The second kappa shape index (κ2) is 8.08. The quantitative estimate of drug-likeness (QED) is 0.707. The van der Waals surface area contributed by atoms with Crippen molar-refractivity contribution in [3.63, 3.8) is 0 Å². The second-order valence-corrected chi connectivity index (χ2v) is 6.10. The summed E-state index contributed by atoms with van der Waals surface area (Å²) < 4.78 is 5.47.